The molecule has 0 spiro atoms. The fourth-order valence-electron chi connectivity index (χ4n) is 1.55. The van der Waals surface area contributed by atoms with Crippen molar-refractivity contribution in [1.82, 2.24) is 9.97 Å². The highest BCUT2D eigenvalue weighted by molar-refractivity contribution is 6.32. The first-order valence-corrected chi connectivity index (χ1v) is 5.83. The van der Waals surface area contributed by atoms with E-state index in [1.165, 1.54) is 6.08 Å². The third-order valence-corrected chi connectivity index (χ3v) is 2.76. The summed E-state index contributed by atoms with van der Waals surface area (Å²) in [5.74, 6) is 0.258. The van der Waals surface area contributed by atoms with E-state index in [9.17, 15) is 4.39 Å². The zero-order valence-electron chi connectivity index (χ0n) is 9.04. The molecule has 0 saturated carbocycles. The number of hydrogen-bond donors (Lipinski definition) is 1. The van der Waals surface area contributed by atoms with Gasteiger partial charge in [0.05, 0.1) is 0 Å². The maximum atomic E-state index is 13.1. The van der Waals surface area contributed by atoms with Gasteiger partial charge in [-0.1, -0.05) is 18.5 Å². The topological polar surface area (TPSA) is 37.8 Å². The number of hydrogen-bond acceptors (Lipinski definition) is 3. The zero-order chi connectivity index (χ0) is 12.4. The van der Waals surface area contributed by atoms with E-state index in [4.69, 9.17) is 23.2 Å². The highest BCUT2D eigenvalue weighted by Gasteiger charge is 2.15. The SMILES string of the molecule is CC1CC(Nc2cc(Cl)nc(Cl)n2)=CC=C1F. The second kappa shape index (κ2) is 5.02. The molecule has 0 aliphatic heterocycles. The van der Waals surface area contributed by atoms with Crippen LogP contribution in [0.2, 0.25) is 10.4 Å². The minimum Gasteiger partial charge on any atom is -0.344 e. The van der Waals surface area contributed by atoms with Gasteiger partial charge in [0.25, 0.3) is 0 Å². The first-order chi connectivity index (χ1) is 8.04. The second-order valence-electron chi connectivity index (χ2n) is 3.82. The molecule has 17 heavy (non-hydrogen) atoms. The van der Waals surface area contributed by atoms with Crippen molar-refractivity contribution >= 4 is 29.0 Å². The molecule has 1 heterocycles. The predicted octanol–water partition coefficient (Wildman–Crippen LogP) is 3.97. The van der Waals surface area contributed by atoms with Crippen molar-refractivity contribution in [2.75, 3.05) is 5.32 Å². The Hall–Kier alpha value is -1.13. The molecule has 0 amide bonds. The van der Waals surface area contributed by atoms with E-state index >= 15 is 0 Å². The monoisotopic (exact) mass is 273 g/mol. The fraction of sp³-hybridized carbons (Fsp3) is 0.273. The molecule has 1 atom stereocenters. The standard InChI is InChI=1S/C11H10Cl2FN3/c1-6-4-7(2-3-8(6)14)15-10-5-9(12)16-11(13)17-10/h2-3,5-6H,4H2,1H3,(H,15,16,17). The predicted molar refractivity (Wildman–Crippen MR) is 66.7 cm³/mol. The molecule has 1 aliphatic rings. The van der Waals surface area contributed by atoms with Crippen LogP contribution >= 0.6 is 23.2 Å². The number of allylic oxidation sites excluding steroid dienone is 4. The van der Waals surface area contributed by atoms with Crippen LogP contribution in [-0.2, 0) is 0 Å². The summed E-state index contributed by atoms with van der Waals surface area (Å²) in [5, 5.41) is 3.38. The molecule has 1 N–H and O–H groups in total. The molecule has 90 valence electrons. The minimum atomic E-state index is -0.129. The van der Waals surface area contributed by atoms with Crippen LogP contribution < -0.4 is 5.32 Å². The molecule has 0 bridgehead atoms. The van der Waals surface area contributed by atoms with Crippen LogP contribution in [0, 0.1) is 5.92 Å². The van der Waals surface area contributed by atoms with Gasteiger partial charge >= 0.3 is 0 Å². The molecule has 1 aliphatic carbocycles. The number of halogens is 3. The molecule has 0 fully saturated rings. The minimum absolute atomic E-state index is 0.0752. The van der Waals surface area contributed by atoms with Gasteiger partial charge in [-0.2, -0.15) is 0 Å². The van der Waals surface area contributed by atoms with Crippen molar-refractivity contribution in [2.24, 2.45) is 5.92 Å². The van der Waals surface area contributed by atoms with Gasteiger partial charge in [-0.15, -0.1) is 0 Å². The lowest BCUT2D eigenvalue weighted by atomic mass is 9.99. The Morgan fingerprint density at radius 2 is 2.12 bits per heavy atom. The summed E-state index contributed by atoms with van der Waals surface area (Å²) >= 11 is 11.4. The third-order valence-electron chi connectivity index (χ3n) is 2.40. The van der Waals surface area contributed by atoms with Gasteiger partial charge in [0, 0.05) is 17.7 Å². The zero-order valence-corrected chi connectivity index (χ0v) is 10.6. The average Bonchev–Trinajstić information content (AvgIpc) is 2.22. The Balaban J connectivity index is 2.16. The maximum absolute atomic E-state index is 13.1. The van der Waals surface area contributed by atoms with E-state index in [1.807, 2.05) is 6.92 Å². The molecule has 0 saturated heterocycles. The first-order valence-electron chi connectivity index (χ1n) is 5.08. The van der Waals surface area contributed by atoms with E-state index in [0.29, 0.717) is 12.2 Å². The van der Waals surface area contributed by atoms with Crippen LogP contribution in [0.3, 0.4) is 0 Å². The summed E-state index contributed by atoms with van der Waals surface area (Å²) in [6.07, 6.45) is 3.71. The smallest absolute Gasteiger partial charge is 0.225 e. The van der Waals surface area contributed by atoms with E-state index < -0.39 is 0 Å². The van der Waals surface area contributed by atoms with E-state index in [1.54, 1.807) is 12.1 Å². The fourth-order valence-corrected chi connectivity index (χ4v) is 1.96. The summed E-state index contributed by atoms with van der Waals surface area (Å²) in [4.78, 5) is 7.72. The molecule has 1 aromatic rings. The van der Waals surface area contributed by atoms with Crippen molar-refractivity contribution in [3.8, 4) is 0 Å². The lowest BCUT2D eigenvalue weighted by molar-refractivity contribution is 0.484. The van der Waals surface area contributed by atoms with Crippen LogP contribution in [-0.4, -0.2) is 9.97 Å². The number of aromatic nitrogens is 2. The maximum Gasteiger partial charge on any atom is 0.225 e. The Morgan fingerprint density at radius 3 is 2.76 bits per heavy atom. The highest BCUT2D eigenvalue weighted by atomic mass is 35.5. The average molecular weight is 274 g/mol. The molecule has 1 aromatic heterocycles. The van der Waals surface area contributed by atoms with Crippen LogP contribution in [0.15, 0.2) is 29.7 Å². The summed E-state index contributed by atoms with van der Waals surface area (Å²) in [6.45, 7) is 1.82. The molecule has 0 radical (unpaired) electrons. The molecule has 1 unspecified atom stereocenters. The van der Waals surface area contributed by atoms with Crippen molar-refractivity contribution < 1.29 is 4.39 Å². The van der Waals surface area contributed by atoms with Crippen LogP contribution in [0.5, 0.6) is 0 Å². The molecule has 2 rings (SSSR count). The van der Waals surface area contributed by atoms with Gasteiger partial charge in [0.2, 0.25) is 5.28 Å². The number of anilines is 1. The van der Waals surface area contributed by atoms with Crippen LogP contribution in [0.1, 0.15) is 13.3 Å². The largest absolute Gasteiger partial charge is 0.344 e. The van der Waals surface area contributed by atoms with Gasteiger partial charge in [0.15, 0.2) is 0 Å². The van der Waals surface area contributed by atoms with Crippen molar-refractivity contribution in [2.45, 2.75) is 13.3 Å². The van der Waals surface area contributed by atoms with Crippen LogP contribution in [0.4, 0.5) is 10.2 Å². The van der Waals surface area contributed by atoms with Crippen molar-refractivity contribution in [1.29, 1.82) is 0 Å². The highest BCUT2D eigenvalue weighted by Crippen LogP contribution is 2.26. The normalized spacial score (nSPS) is 19.6. The Morgan fingerprint density at radius 1 is 1.35 bits per heavy atom. The lowest BCUT2D eigenvalue weighted by Crippen LogP contribution is -2.10. The summed E-state index contributed by atoms with van der Waals surface area (Å²) in [5.41, 5.74) is 0.865. The van der Waals surface area contributed by atoms with Crippen molar-refractivity contribution in [3.05, 3.63) is 40.2 Å². The number of nitrogens with one attached hydrogen (secondary N) is 1. The van der Waals surface area contributed by atoms with Crippen LogP contribution in [0.25, 0.3) is 0 Å². The van der Waals surface area contributed by atoms with Crippen molar-refractivity contribution in [3.63, 3.8) is 0 Å². The third kappa shape index (κ3) is 3.17. The lowest BCUT2D eigenvalue weighted by Gasteiger charge is -2.17. The van der Waals surface area contributed by atoms with E-state index in [-0.39, 0.29) is 22.2 Å². The molecule has 0 aromatic carbocycles. The molecular formula is C11H10Cl2FN3. The van der Waals surface area contributed by atoms with Gasteiger partial charge in [-0.05, 0) is 30.2 Å². The van der Waals surface area contributed by atoms with E-state index in [0.717, 1.165) is 5.70 Å². The molecule has 6 heteroatoms. The van der Waals surface area contributed by atoms with Gasteiger partial charge in [-0.3, -0.25) is 0 Å². The second-order valence-corrected chi connectivity index (χ2v) is 4.54. The molecule has 3 nitrogen and oxygen atoms in total. The Labute approximate surface area is 108 Å². The Kier molecular flexibility index (Phi) is 3.64. The quantitative estimate of drug-likeness (QED) is 0.655. The van der Waals surface area contributed by atoms with E-state index in [2.05, 4.69) is 15.3 Å². The summed E-state index contributed by atoms with van der Waals surface area (Å²) in [6, 6.07) is 1.56. The summed E-state index contributed by atoms with van der Waals surface area (Å²) < 4.78 is 13.1. The summed E-state index contributed by atoms with van der Waals surface area (Å²) in [7, 11) is 0. The first kappa shape index (κ1) is 12.3. The van der Waals surface area contributed by atoms with Gasteiger partial charge in [0.1, 0.15) is 16.8 Å². The van der Waals surface area contributed by atoms with Gasteiger partial charge in [-0.25, -0.2) is 14.4 Å². The Bertz CT molecular complexity index is 479. The number of nitrogens with zero attached hydrogens (tertiary/aromatic N) is 2. The van der Waals surface area contributed by atoms with Gasteiger partial charge < -0.3 is 5.32 Å². The number of rotatable bonds is 2. The molecular weight excluding hydrogens is 264 g/mol.